The van der Waals surface area contributed by atoms with Crippen LogP contribution < -0.4 is 4.90 Å². The highest BCUT2D eigenvalue weighted by atomic mass is 32.2. The fraction of sp³-hybridized carbons (Fsp3) is 0.364. The molecule has 0 aliphatic carbocycles. The third-order valence-corrected chi connectivity index (χ3v) is 6.92. The van der Waals surface area contributed by atoms with Crippen molar-refractivity contribution in [3.05, 3.63) is 60.0 Å². The van der Waals surface area contributed by atoms with Gasteiger partial charge in [0.05, 0.1) is 11.8 Å². The Kier molecular flexibility index (Phi) is 5.99. The fourth-order valence-electron chi connectivity index (χ4n) is 4.00. The predicted molar refractivity (Wildman–Crippen MR) is 114 cm³/mol. The zero-order valence-corrected chi connectivity index (χ0v) is 17.7. The Morgan fingerprint density at radius 3 is 2.33 bits per heavy atom. The lowest BCUT2D eigenvalue weighted by Gasteiger charge is -2.38. The molecule has 4 rings (SSSR count). The maximum Gasteiger partial charge on any atom is 0.266 e. The average Bonchev–Trinajstić information content (AvgIpc) is 3.13. The van der Waals surface area contributed by atoms with Gasteiger partial charge in [0.2, 0.25) is 0 Å². The smallest absolute Gasteiger partial charge is 0.266 e. The molecule has 1 aromatic heterocycles. The third-order valence-electron chi connectivity index (χ3n) is 5.60. The van der Waals surface area contributed by atoms with Gasteiger partial charge < -0.3 is 9.45 Å². The Morgan fingerprint density at radius 1 is 1.00 bits per heavy atom. The zero-order valence-electron chi connectivity index (χ0n) is 16.9. The van der Waals surface area contributed by atoms with Gasteiger partial charge in [0.15, 0.2) is 4.90 Å². The lowest BCUT2D eigenvalue weighted by atomic mass is 10.1. The molecule has 160 valence electrons. The molecule has 0 saturated carbocycles. The summed E-state index contributed by atoms with van der Waals surface area (Å²) in [6, 6.07) is 11.2. The van der Waals surface area contributed by atoms with Crippen molar-refractivity contribution in [1.82, 2.24) is 8.87 Å². The van der Waals surface area contributed by atoms with E-state index in [1.54, 1.807) is 12.1 Å². The monoisotopic (exact) mass is 435 g/mol. The molecule has 0 bridgehead atoms. The summed E-state index contributed by atoms with van der Waals surface area (Å²) in [6.07, 6.45) is -1.47. The first-order valence-corrected chi connectivity index (χ1v) is 11.1. The van der Waals surface area contributed by atoms with Gasteiger partial charge in [0.1, 0.15) is 22.7 Å². The second-order valence-electron chi connectivity index (χ2n) is 7.71. The Balaban J connectivity index is 1.77. The average molecular weight is 436 g/mol. The summed E-state index contributed by atoms with van der Waals surface area (Å²) < 4.78 is 55.9. The number of fused-ring (bicyclic) bond motifs is 1. The van der Waals surface area contributed by atoms with Crippen molar-refractivity contribution in [3.63, 3.8) is 0 Å². The topological polar surface area (TPSA) is 34.5 Å². The van der Waals surface area contributed by atoms with Gasteiger partial charge in [-0.15, -0.1) is 0 Å². The van der Waals surface area contributed by atoms with Crippen LogP contribution in [-0.2, 0) is 11.4 Å². The molecule has 0 radical (unpaired) electrons. The SMILES string of the molecule is CC(C)N1CCN(c2cccc3c2c(C(F)F)cn3[S+]([O-])c2cccc(F)c2)CC1. The minimum Gasteiger partial charge on any atom is -0.587 e. The highest BCUT2D eigenvalue weighted by Gasteiger charge is 2.28. The molecule has 0 amide bonds. The van der Waals surface area contributed by atoms with Gasteiger partial charge in [-0.2, -0.15) is 3.97 Å². The zero-order chi connectivity index (χ0) is 21.4. The van der Waals surface area contributed by atoms with Gasteiger partial charge in [0, 0.05) is 49.4 Å². The minimum atomic E-state index is -2.71. The van der Waals surface area contributed by atoms with Crippen LogP contribution in [0.1, 0.15) is 25.8 Å². The van der Waals surface area contributed by atoms with Crippen molar-refractivity contribution in [2.24, 2.45) is 0 Å². The number of hydrogen-bond donors (Lipinski definition) is 0. The highest BCUT2D eigenvalue weighted by molar-refractivity contribution is 7.90. The lowest BCUT2D eigenvalue weighted by molar-refractivity contribution is 0.153. The summed E-state index contributed by atoms with van der Waals surface area (Å²) in [5.74, 6) is -0.518. The van der Waals surface area contributed by atoms with Crippen molar-refractivity contribution in [1.29, 1.82) is 0 Å². The Hall–Kier alpha value is -2.16. The molecule has 30 heavy (non-hydrogen) atoms. The second-order valence-corrected chi connectivity index (χ2v) is 9.07. The predicted octanol–water partition coefficient (Wildman–Crippen LogP) is 4.82. The van der Waals surface area contributed by atoms with E-state index >= 15 is 0 Å². The van der Waals surface area contributed by atoms with Crippen molar-refractivity contribution in [3.8, 4) is 0 Å². The standard InChI is InChI=1S/C22H24F3N3OS/c1-15(2)26-9-11-27(12-10-26)19-7-4-8-20-21(19)18(22(24)25)14-28(20)30(29)17-6-3-5-16(23)13-17/h3-8,13-15,22H,9-12H2,1-2H3. The van der Waals surface area contributed by atoms with Crippen LogP contribution in [-0.4, -0.2) is 45.6 Å². The molecule has 2 heterocycles. The van der Waals surface area contributed by atoms with Gasteiger partial charge in [-0.1, -0.05) is 12.1 Å². The third kappa shape index (κ3) is 3.91. The number of anilines is 1. The largest absolute Gasteiger partial charge is 0.587 e. The number of nitrogens with zero attached hydrogens (tertiary/aromatic N) is 3. The molecule has 1 unspecified atom stereocenters. The van der Waals surface area contributed by atoms with Crippen LogP contribution in [0.5, 0.6) is 0 Å². The van der Waals surface area contributed by atoms with E-state index in [4.69, 9.17) is 0 Å². The molecule has 4 nitrogen and oxygen atoms in total. The van der Waals surface area contributed by atoms with Crippen molar-refractivity contribution < 1.29 is 17.7 Å². The lowest BCUT2D eigenvalue weighted by Crippen LogP contribution is -2.49. The van der Waals surface area contributed by atoms with Crippen LogP contribution in [0.3, 0.4) is 0 Å². The molecular formula is C22H24F3N3OS. The Morgan fingerprint density at radius 2 is 1.70 bits per heavy atom. The normalized spacial score (nSPS) is 16.7. The number of aromatic nitrogens is 1. The summed E-state index contributed by atoms with van der Waals surface area (Å²) in [5, 5.41) is 0.412. The Bertz CT molecular complexity index is 1030. The van der Waals surface area contributed by atoms with E-state index in [9.17, 15) is 17.7 Å². The van der Waals surface area contributed by atoms with Gasteiger partial charge in [-0.3, -0.25) is 4.90 Å². The molecule has 2 aromatic carbocycles. The van der Waals surface area contributed by atoms with Crippen LogP contribution in [0.25, 0.3) is 10.9 Å². The summed E-state index contributed by atoms with van der Waals surface area (Å²) in [6.45, 7) is 7.47. The summed E-state index contributed by atoms with van der Waals surface area (Å²) in [7, 11) is 0. The number of halogens is 3. The molecular weight excluding hydrogens is 411 g/mol. The first-order valence-electron chi connectivity index (χ1n) is 9.95. The van der Waals surface area contributed by atoms with Crippen LogP contribution in [0, 0.1) is 5.82 Å². The molecule has 8 heteroatoms. The number of rotatable bonds is 5. The molecule has 1 aliphatic heterocycles. The van der Waals surface area contributed by atoms with Crippen molar-refractivity contribution >= 4 is 28.0 Å². The minimum absolute atomic E-state index is 0.156. The summed E-state index contributed by atoms with van der Waals surface area (Å²) in [4.78, 5) is 4.70. The van der Waals surface area contributed by atoms with Crippen LogP contribution >= 0.6 is 0 Å². The van der Waals surface area contributed by atoms with Crippen LogP contribution in [0.2, 0.25) is 0 Å². The molecule has 1 atom stereocenters. The van der Waals surface area contributed by atoms with E-state index in [1.165, 1.54) is 34.4 Å². The quantitative estimate of drug-likeness (QED) is 0.539. The van der Waals surface area contributed by atoms with E-state index in [1.807, 2.05) is 6.07 Å². The maximum absolute atomic E-state index is 14.0. The second kappa shape index (κ2) is 8.53. The van der Waals surface area contributed by atoms with E-state index in [0.717, 1.165) is 31.9 Å². The number of hydrogen-bond acceptors (Lipinski definition) is 3. The first kappa shape index (κ1) is 21.1. The summed E-state index contributed by atoms with van der Waals surface area (Å²) >= 11 is -1.84. The highest BCUT2D eigenvalue weighted by Crippen LogP contribution is 2.38. The van der Waals surface area contributed by atoms with E-state index in [2.05, 4.69) is 23.6 Å². The van der Waals surface area contributed by atoms with E-state index in [-0.39, 0.29) is 10.5 Å². The van der Waals surface area contributed by atoms with Gasteiger partial charge in [0.25, 0.3) is 6.43 Å². The van der Waals surface area contributed by atoms with E-state index in [0.29, 0.717) is 16.9 Å². The molecule has 0 N–H and O–H groups in total. The molecule has 1 saturated heterocycles. The van der Waals surface area contributed by atoms with Gasteiger partial charge in [-0.05, 0) is 38.1 Å². The van der Waals surface area contributed by atoms with Crippen LogP contribution in [0.15, 0.2) is 53.6 Å². The van der Waals surface area contributed by atoms with Crippen molar-refractivity contribution in [2.75, 3.05) is 31.1 Å². The molecule has 1 fully saturated rings. The molecule has 0 spiro atoms. The summed E-state index contributed by atoms with van der Waals surface area (Å²) in [5.41, 5.74) is 1.02. The van der Waals surface area contributed by atoms with Gasteiger partial charge >= 0.3 is 0 Å². The fourth-order valence-corrected chi connectivity index (χ4v) is 5.18. The number of alkyl halides is 2. The number of piperazine rings is 1. The van der Waals surface area contributed by atoms with Crippen molar-refractivity contribution in [2.45, 2.75) is 31.2 Å². The maximum atomic E-state index is 14.0. The van der Waals surface area contributed by atoms with E-state index < -0.39 is 23.6 Å². The Labute approximate surface area is 177 Å². The first-order chi connectivity index (χ1) is 14.4. The molecule has 3 aromatic rings. The number of benzene rings is 2. The van der Waals surface area contributed by atoms with Gasteiger partial charge in [-0.25, -0.2) is 13.2 Å². The van der Waals surface area contributed by atoms with Crippen LogP contribution in [0.4, 0.5) is 18.9 Å². The molecule has 1 aliphatic rings.